The Labute approximate surface area is 138 Å². The summed E-state index contributed by atoms with van der Waals surface area (Å²) in [6.07, 6.45) is 0. The lowest BCUT2D eigenvalue weighted by Gasteiger charge is -2.10. The summed E-state index contributed by atoms with van der Waals surface area (Å²) in [5.41, 5.74) is 3.46. The van der Waals surface area contributed by atoms with E-state index >= 15 is 0 Å². The van der Waals surface area contributed by atoms with Gasteiger partial charge in [0, 0.05) is 5.56 Å². The number of aryl methyl sites for hydroxylation is 1. The van der Waals surface area contributed by atoms with Crippen molar-refractivity contribution in [3.8, 4) is 11.5 Å². The zero-order valence-corrected chi connectivity index (χ0v) is 14.4. The highest BCUT2D eigenvalue weighted by molar-refractivity contribution is 5.38. The predicted octanol–water partition coefficient (Wildman–Crippen LogP) is 5.63. The Balaban J connectivity index is 0.000000231. The van der Waals surface area contributed by atoms with Gasteiger partial charge in [0.1, 0.15) is 0 Å². The van der Waals surface area contributed by atoms with Crippen molar-refractivity contribution in [1.82, 2.24) is 0 Å². The van der Waals surface area contributed by atoms with E-state index in [1.54, 1.807) is 18.2 Å². The van der Waals surface area contributed by atoms with Crippen LogP contribution < -0.4 is 9.78 Å². The van der Waals surface area contributed by atoms with Crippen LogP contribution in [0, 0.1) is 6.92 Å². The first-order chi connectivity index (χ1) is 10.9. The maximum Gasteiger partial charge on any atom is 0.168 e. The molecule has 0 radical (unpaired) electrons. The van der Waals surface area contributed by atoms with Crippen molar-refractivity contribution in [2.45, 2.75) is 46.5 Å². The van der Waals surface area contributed by atoms with Gasteiger partial charge in [-0.3, -0.25) is 0 Å². The third-order valence-corrected chi connectivity index (χ3v) is 3.54. The van der Waals surface area contributed by atoms with E-state index in [1.165, 1.54) is 11.1 Å². The molecule has 0 aliphatic rings. The van der Waals surface area contributed by atoms with Crippen LogP contribution in [0.25, 0.3) is 0 Å². The number of benzene rings is 2. The van der Waals surface area contributed by atoms with Gasteiger partial charge < -0.3 is 9.78 Å². The van der Waals surface area contributed by atoms with Gasteiger partial charge in [-0.2, -0.15) is 0 Å². The summed E-state index contributed by atoms with van der Waals surface area (Å²) >= 11 is 0. The van der Waals surface area contributed by atoms with E-state index in [0.717, 1.165) is 5.56 Å². The zero-order valence-electron chi connectivity index (χ0n) is 14.4. The Kier molecular flexibility index (Phi) is 7.59. The molecule has 0 spiro atoms. The molecule has 0 fully saturated rings. The van der Waals surface area contributed by atoms with Gasteiger partial charge in [0.25, 0.3) is 0 Å². The monoisotopic (exact) mass is 318 g/mol. The van der Waals surface area contributed by atoms with Gasteiger partial charge in [-0.15, -0.1) is 0 Å². The summed E-state index contributed by atoms with van der Waals surface area (Å²) < 4.78 is 0. The highest BCUT2D eigenvalue weighted by Gasteiger charge is 2.07. The molecule has 2 N–H and O–H groups in total. The summed E-state index contributed by atoms with van der Waals surface area (Å²) in [6, 6.07) is 13.1. The summed E-state index contributed by atoms with van der Waals surface area (Å²) in [6.45, 7) is 10.4. The molecule has 0 aromatic heterocycles. The molecule has 4 nitrogen and oxygen atoms in total. The summed E-state index contributed by atoms with van der Waals surface area (Å²) in [4.78, 5) is 8.31. The molecular weight excluding hydrogens is 292 g/mol. The molecule has 0 bridgehead atoms. The van der Waals surface area contributed by atoms with Gasteiger partial charge in [0.15, 0.2) is 11.5 Å². The molecule has 2 rings (SSSR count). The minimum atomic E-state index is 0.368. The fourth-order valence-electron chi connectivity index (χ4n) is 2.12. The van der Waals surface area contributed by atoms with Gasteiger partial charge in [-0.25, -0.2) is 10.5 Å². The van der Waals surface area contributed by atoms with Crippen LogP contribution >= 0.6 is 0 Å². The quantitative estimate of drug-likeness (QED) is 0.566. The van der Waals surface area contributed by atoms with Crippen LogP contribution in [-0.2, 0) is 0 Å². The topological polar surface area (TPSA) is 58.9 Å². The Hall–Kier alpha value is -2.04. The minimum absolute atomic E-state index is 0.368. The van der Waals surface area contributed by atoms with Crippen molar-refractivity contribution in [1.29, 1.82) is 0 Å². The first-order valence-corrected chi connectivity index (χ1v) is 7.72. The molecule has 0 aliphatic heterocycles. The molecule has 4 heteroatoms. The molecule has 23 heavy (non-hydrogen) atoms. The van der Waals surface area contributed by atoms with Crippen molar-refractivity contribution in [2.24, 2.45) is 0 Å². The van der Waals surface area contributed by atoms with Gasteiger partial charge in [0.2, 0.25) is 0 Å². The fraction of sp³-hybridized carbons (Fsp3) is 0.368. The molecule has 0 atom stereocenters. The summed E-state index contributed by atoms with van der Waals surface area (Å²) in [7, 11) is 0. The van der Waals surface area contributed by atoms with Crippen LogP contribution in [0.5, 0.6) is 11.5 Å². The van der Waals surface area contributed by atoms with Crippen molar-refractivity contribution in [3.63, 3.8) is 0 Å². The Morgan fingerprint density at radius 1 is 0.783 bits per heavy atom. The fourth-order valence-corrected chi connectivity index (χ4v) is 2.12. The molecule has 0 aliphatic carbocycles. The first-order valence-electron chi connectivity index (χ1n) is 7.72. The molecule has 0 heterocycles. The zero-order chi connectivity index (χ0) is 17.4. The van der Waals surface area contributed by atoms with E-state index in [9.17, 15) is 0 Å². The van der Waals surface area contributed by atoms with Crippen molar-refractivity contribution < 1.29 is 20.3 Å². The minimum Gasteiger partial charge on any atom is -0.340 e. The molecular formula is C19H26O4. The summed E-state index contributed by atoms with van der Waals surface area (Å²) in [5, 5.41) is 16.8. The highest BCUT2D eigenvalue weighted by atomic mass is 17.1. The van der Waals surface area contributed by atoms with E-state index in [1.807, 2.05) is 31.2 Å². The molecule has 0 saturated heterocycles. The molecule has 0 saturated carbocycles. The highest BCUT2D eigenvalue weighted by Crippen LogP contribution is 2.26. The molecule has 2 aromatic rings. The van der Waals surface area contributed by atoms with Gasteiger partial charge in [0.05, 0.1) is 0 Å². The molecule has 0 amide bonds. The predicted molar refractivity (Wildman–Crippen MR) is 92.3 cm³/mol. The second-order valence-electron chi connectivity index (χ2n) is 6.10. The normalized spacial score (nSPS) is 10.3. The third-order valence-electron chi connectivity index (χ3n) is 3.54. The van der Waals surface area contributed by atoms with Crippen molar-refractivity contribution in [2.75, 3.05) is 0 Å². The lowest BCUT2D eigenvalue weighted by Crippen LogP contribution is -1.94. The van der Waals surface area contributed by atoms with E-state index in [2.05, 4.69) is 37.5 Å². The van der Waals surface area contributed by atoms with Crippen molar-refractivity contribution >= 4 is 0 Å². The number of hydrogen-bond acceptors (Lipinski definition) is 4. The smallest absolute Gasteiger partial charge is 0.168 e. The standard InChI is InChI=1S/C10H14O2.C9H12O2/c1-7(2)9-6-8(3)4-5-10(9)12-11;1-7(2)8-3-5-9(11-10)6-4-8/h4-7,11H,1-3H3;3-7,10H,1-2H3. The second-order valence-corrected chi connectivity index (χ2v) is 6.10. The van der Waals surface area contributed by atoms with Crippen LogP contribution in [0.15, 0.2) is 42.5 Å². The Morgan fingerprint density at radius 2 is 1.39 bits per heavy atom. The molecule has 2 aromatic carbocycles. The lowest BCUT2D eigenvalue weighted by atomic mass is 10.0. The SMILES string of the molecule is CC(C)c1ccc(OO)cc1.Cc1ccc(OO)c(C(C)C)c1. The van der Waals surface area contributed by atoms with Crippen LogP contribution in [0.4, 0.5) is 0 Å². The number of hydrogen-bond donors (Lipinski definition) is 2. The lowest BCUT2D eigenvalue weighted by molar-refractivity contribution is -0.138. The van der Waals surface area contributed by atoms with Crippen LogP contribution in [-0.4, -0.2) is 10.5 Å². The van der Waals surface area contributed by atoms with Gasteiger partial charge in [-0.05, 0) is 42.5 Å². The molecule has 126 valence electrons. The average Bonchev–Trinajstić information content (AvgIpc) is 2.55. The number of rotatable bonds is 4. The van der Waals surface area contributed by atoms with E-state index in [4.69, 9.17) is 10.5 Å². The molecule has 0 unspecified atom stereocenters. The Bertz CT molecular complexity index is 589. The van der Waals surface area contributed by atoms with E-state index in [-0.39, 0.29) is 0 Å². The van der Waals surface area contributed by atoms with E-state index < -0.39 is 0 Å². The van der Waals surface area contributed by atoms with Crippen molar-refractivity contribution in [3.05, 3.63) is 59.2 Å². The maximum absolute atomic E-state index is 8.56. The van der Waals surface area contributed by atoms with Crippen LogP contribution in [0.3, 0.4) is 0 Å². The summed E-state index contributed by atoms with van der Waals surface area (Å²) in [5.74, 6) is 1.92. The average molecular weight is 318 g/mol. The largest absolute Gasteiger partial charge is 0.340 e. The van der Waals surface area contributed by atoms with Gasteiger partial charge >= 0.3 is 0 Å². The second kappa shape index (κ2) is 9.18. The van der Waals surface area contributed by atoms with E-state index in [0.29, 0.717) is 23.3 Å². The maximum atomic E-state index is 8.56. The third kappa shape index (κ3) is 5.93. The Morgan fingerprint density at radius 3 is 1.83 bits per heavy atom. The van der Waals surface area contributed by atoms with Crippen LogP contribution in [0.1, 0.15) is 56.2 Å². The van der Waals surface area contributed by atoms with Gasteiger partial charge in [-0.1, -0.05) is 57.5 Å². The first kappa shape index (κ1) is 19.0. The van der Waals surface area contributed by atoms with Crippen LogP contribution in [0.2, 0.25) is 0 Å².